The van der Waals surface area contributed by atoms with E-state index in [0.29, 0.717) is 21.4 Å². The zero-order chi connectivity index (χ0) is 19.6. The molecule has 0 radical (unpaired) electrons. The molecule has 1 aromatic heterocycles. The average molecular weight is 427 g/mol. The van der Waals surface area contributed by atoms with Gasteiger partial charge < -0.3 is 9.73 Å². The molecule has 27 heavy (non-hydrogen) atoms. The van der Waals surface area contributed by atoms with E-state index in [0.717, 1.165) is 11.8 Å². The van der Waals surface area contributed by atoms with Crippen LogP contribution in [0.3, 0.4) is 0 Å². The molecule has 2 amide bonds. The zero-order valence-electron chi connectivity index (χ0n) is 14.5. The van der Waals surface area contributed by atoms with Crippen LogP contribution in [0.15, 0.2) is 39.9 Å². The van der Waals surface area contributed by atoms with Crippen molar-refractivity contribution < 1.29 is 22.4 Å². The fourth-order valence-electron chi connectivity index (χ4n) is 2.79. The third-order valence-corrected chi connectivity index (χ3v) is 7.34. The van der Waals surface area contributed by atoms with E-state index in [2.05, 4.69) is 5.32 Å². The second-order valence-corrected chi connectivity index (χ2v) is 10.1. The molecule has 144 valence electrons. The zero-order valence-corrected chi connectivity index (χ0v) is 16.9. The Morgan fingerprint density at radius 3 is 2.93 bits per heavy atom. The molecule has 2 fully saturated rings. The highest BCUT2D eigenvalue weighted by atomic mass is 32.2. The Kier molecular flexibility index (Phi) is 5.87. The van der Waals surface area contributed by atoms with Gasteiger partial charge in [0.05, 0.1) is 22.7 Å². The van der Waals surface area contributed by atoms with E-state index < -0.39 is 27.8 Å². The Morgan fingerprint density at radius 2 is 2.30 bits per heavy atom. The highest BCUT2D eigenvalue weighted by molar-refractivity contribution is 8.26. The first-order valence-corrected chi connectivity index (χ1v) is 11.3. The normalized spacial score (nSPS) is 24.9. The van der Waals surface area contributed by atoms with Crippen LogP contribution in [-0.2, 0) is 19.4 Å². The molecule has 1 aromatic rings. The number of hydrogen-bond acceptors (Lipinski definition) is 7. The number of amides is 2. The summed E-state index contributed by atoms with van der Waals surface area (Å²) in [7, 11) is -3.09. The molecule has 1 N–H and O–H groups in total. The molecule has 10 heteroatoms. The number of thiocarbonyl (C=S) groups is 1. The molecule has 0 spiro atoms. The van der Waals surface area contributed by atoms with E-state index in [-0.39, 0.29) is 17.4 Å². The average Bonchev–Trinajstić information content (AvgIpc) is 3.29. The standard InChI is InChI=1S/C17H18N2O5S3/c1-11(15(20)18-12-7-9-27(22,23)10-12)19-16(21)14(26-17(19)25)6-2-4-13-5-3-8-24-13/h2-6,8,11-12H,7,9-10H2,1H3,(H,18,20). The summed E-state index contributed by atoms with van der Waals surface area (Å²) in [5, 5.41) is 2.70. The molecule has 2 aliphatic rings. The minimum Gasteiger partial charge on any atom is -0.465 e. The minimum absolute atomic E-state index is 0.0676. The summed E-state index contributed by atoms with van der Waals surface area (Å²) in [5.74, 6) is -0.114. The van der Waals surface area contributed by atoms with Crippen LogP contribution >= 0.6 is 24.0 Å². The second-order valence-electron chi connectivity index (χ2n) is 6.23. The lowest BCUT2D eigenvalue weighted by atomic mass is 10.2. The van der Waals surface area contributed by atoms with E-state index in [4.69, 9.17) is 16.6 Å². The number of carbonyl (C=O) groups is 2. The molecule has 2 aliphatic heterocycles. The van der Waals surface area contributed by atoms with Gasteiger partial charge in [-0.05, 0) is 37.6 Å². The van der Waals surface area contributed by atoms with Gasteiger partial charge in [-0.15, -0.1) is 0 Å². The van der Waals surface area contributed by atoms with Gasteiger partial charge in [-0.25, -0.2) is 8.42 Å². The molecular formula is C17H18N2O5S3. The van der Waals surface area contributed by atoms with Crippen LogP contribution in [0.25, 0.3) is 6.08 Å². The smallest absolute Gasteiger partial charge is 0.266 e. The Balaban J connectivity index is 1.64. The maximum absolute atomic E-state index is 12.6. The summed E-state index contributed by atoms with van der Waals surface area (Å²) in [6.07, 6.45) is 6.95. The number of furan rings is 1. The molecule has 0 saturated carbocycles. The van der Waals surface area contributed by atoms with Gasteiger partial charge in [0.25, 0.3) is 5.91 Å². The third kappa shape index (κ3) is 4.69. The fraction of sp³-hybridized carbons (Fsp3) is 0.353. The molecule has 2 saturated heterocycles. The van der Waals surface area contributed by atoms with Crippen molar-refractivity contribution in [3.63, 3.8) is 0 Å². The van der Waals surface area contributed by atoms with Crippen molar-refractivity contribution in [2.24, 2.45) is 0 Å². The van der Waals surface area contributed by atoms with Gasteiger partial charge in [0, 0.05) is 6.04 Å². The maximum atomic E-state index is 12.6. The van der Waals surface area contributed by atoms with E-state index in [1.807, 2.05) is 0 Å². The summed E-state index contributed by atoms with van der Waals surface area (Å²) < 4.78 is 28.5. The van der Waals surface area contributed by atoms with Crippen molar-refractivity contribution in [3.8, 4) is 0 Å². The number of sulfone groups is 1. The summed E-state index contributed by atoms with van der Waals surface area (Å²) >= 11 is 6.37. The van der Waals surface area contributed by atoms with Crippen molar-refractivity contribution in [1.29, 1.82) is 0 Å². The summed E-state index contributed by atoms with van der Waals surface area (Å²) in [4.78, 5) is 26.7. The molecule has 3 heterocycles. The van der Waals surface area contributed by atoms with Crippen molar-refractivity contribution >= 4 is 56.0 Å². The molecule has 0 bridgehead atoms. The number of carbonyl (C=O) groups excluding carboxylic acids is 2. The minimum atomic E-state index is -3.09. The Bertz CT molecular complexity index is 918. The van der Waals surface area contributed by atoms with E-state index in [9.17, 15) is 18.0 Å². The monoisotopic (exact) mass is 426 g/mol. The van der Waals surface area contributed by atoms with Gasteiger partial charge >= 0.3 is 0 Å². The lowest BCUT2D eigenvalue weighted by Crippen LogP contribution is -2.50. The van der Waals surface area contributed by atoms with Crippen molar-refractivity contribution in [2.45, 2.75) is 25.4 Å². The largest absolute Gasteiger partial charge is 0.465 e. The van der Waals surface area contributed by atoms with Crippen LogP contribution < -0.4 is 5.32 Å². The first-order chi connectivity index (χ1) is 12.8. The number of thioether (sulfide) groups is 1. The van der Waals surface area contributed by atoms with E-state index in [1.165, 1.54) is 4.90 Å². The Morgan fingerprint density at radius 1 is 1.52 bits per heavy atom. The molecule has 3 rings (SSSR count). The molecule has 0 aromatic carbocycles. The van der Waals surface area contributed by atoms with Gasteiger partial charge in [-0.2, -0.15) is 0 Å². The van der Waals surface area contributed by atoms with Crippen LogP contribution in [0.5, 0.6) is 0 Å². The number of hydrogen-bond donors (Lipinski definition) is 1. The topological polar surface area (TPSA) is 96.7 Å². The number of nitrogens with zero attached hydrogens (tertiary/aromatic N) is 1. The van der Waals surface area contributed by atoms with Crippen LogP contribution in [0.1, 0.15) is 19.1 Å². The van der Waals surface area contributed by atoms with Gasteiger partial charge in [0.2, 0.25) is 5.91 Å². The summed E-state index contributed by atoms with van der Waals surface area (Å²) in [6, 6.07) is 2.30. The lowest BCUT2D eigenvalue weighted by molar-refractivity contribution is -0.132. The number of allylic oxidation sites excluding steroid dienone is 2. The maximum Gasteiger partial charge on any atom is 0.266 e. The van der Waals surface area contributed by atoms with Crippen molar-refractivity contribution in [2.75, 3.05) is 11.5 Å². The SMILES string of the molecule is CC(C(=O)NC1CCS(=O)(=O)C1)N1C(=O)C(=CC=Cc2ccco2)SC1=S. The van der Waals surface area contributed by atoms with Crippen LogP contribution in [0, 0.1) is 0 Å². The fourth-order valence-corrected chi connectivity index (χ4v) is 5.84. The van der Waals surface area contributed by atoms with Crippen LogP contribution in [-0.4, -0.2) is 53.0 Å². The molecule has 0 aliphatic carbocycles. The van der Waals surface area contributed by atoms with E-state index in [1.54, 1.807) is 43.5 Å². The van der Waals surface area contributed by atoms with Gasteiger partial charge in [0.1, 0.15) is 16.1 Å². The lowest BCUT2D eigenvalue weighted by Gasteiger charge is -2.23. The van der Waals surface area contributed by atoms with Crippen LogP contribution in [0.4, 0.5) is 0 Å². The molecule has 7 nitrogen and oxygen atoms in total. The predicted molar refractivity (Wildman–Crippen MR) is 108 cm³/mol. The second kappa shape index (κ2) is 7.99. The quantitative estimate of drug-likeness (QED) is 0.566. The van der Waals surface area contributed by atoms with Gasteiger partial charge in [-0.1, -0.05) is 30.1 Å². The van der Waals surface area contributed by atoms with Gasteiger partial charge in [0.15, 0.2) is 9.84 Å². The first kappa shape index (κ1) is 19.8. The molecule has 2 atom stereocenters. The van der Waals surface area contributed by atoms with Crippen molar-refractivity contribution in [1.82, 2.24) is 10.2 Å². The molecular weight excluding hydrogens is 408 g/mol. The number of rotatable bonds is 5. The predicted octanol–water partition coefficient (Wildman–Crippen LogP) is 1.73. The Hall–Kier alpha value is -1.91. The molecule has 2 unspecified atom stereocenters. The van der Waals surface area contributed by atoms with Gasteiger partial charge in [-0.3, -0.25) is 14.5 Å². The van der Waals surface area contributed by atoms with Crippen LogP contribution in [0.2, 0.25) is 0 Å². The highest BCUT2D eigenvalue weighted by Gasteiger charge is 2.39. The van der Waals surface area contributed by atoms with Crippen molar-refractivity contribution in [3.05, 3.63) is 41.2 Å². The number of nitrogens with one attached hydrogen (secondary N) is 1. The first-order valence-electron chi connectivity index (χ1n) is 8.25. The highest BCUT2D eigenvalue weighted by Crippen LogP contribution is 2.32. The third-order valence-electron chi connectivity index (χ3n) is 4.22. The summed E-state index contributed by atoms with van der Waals surface area (Å²) in [5.41, 5.74) is 0. The van der Waals surface area contributed by atoms with E-state index >= 15 is 0 Å². The summed E-state index contributed by atoms with van der Waals surface area (Å²) in [6.45, 7) is 1.57. The Labute approximate surface area is 166 Å².